The molecule has 7 nitrogen and oxygen atoms in total. The lowest BCUT2D eigenvalue weighted by atomic mass is 10.1. The summed E-state index contributed by atoms with van der Waals surface area (Å²) in [6, 6.07) is 14.4. The maximum Gasteiger partial charge on any atom is 0.343 e. The number of halogens is 4. The van der Waals surface area contributed by atoms with Crippen LogP contribution in [-0.2, 0) is 9.59 Å². The van der Waals surface area contributed by atoms with Crippen molar-refractivity contribution >= 4 is 90.6 Å². The maximum absolute atomic E-state index is 13.2. The number of carbonyl (C=O) groups is 4. The van der Waals surface area contributed by atoms with E-state index in [0.717, 1.165) is 4.90 Å². The van der Waals surface area contributed by atoms with Gasteiger partial charge in [0.05, 0.1) is 15.7 Å². The molecule has 4 rings (SSSR count). The van der Waals surface area contributed by atoms with Crippen LogP contribution >= 0.6 is 55.1 Å². The zero-order valence-electron chi connectivity index (χ0n) is 17.4. The Kier molecular flexibility index (Phi) is 7.42. The lowest BCUT2D eigenvalue weighted by molar-refractivity contribution is -0.122. The van der Waals surface area contributed by atoms with Gasteiger partial charge < -0.3 is 4.74 Å². The standard InChI is InChI=1S/C24H12Br2Cl2N2O5/c25-14-9-13(20(19(26)11-14)35-23(33)12-1-3-15(27)4-2-12)10-18-21(31)29-24(34)30(22(18)32)17-7-5-16(28)6-8-17/h1-11H,(H,29,31,34)/b18-10-. The van der Waals surface area contributed by atoms with Gasteiger partial charge in [0.25, 0.3) is 11.8 Å². The van der Waals surface area contributed by atoms with Gasteiger partial charge in [-0.3, -0.25) is 14.9 Å². The van der Waals surface area contributed by atoms with E-state index in [9.17, 15) is 19.2 Å². The van der Waals surface area contributed by atoms with Gasteiger partial charge in [-0.25, -0.2) is 14.5 Å². The van der Waals surface area contributed by atoms with E-state index in [1.54, 1.807) is 24.3 Å². The van der Waals surface area contributed by atoms with Crippen molar-refractivity contribution in [2.75, 3.05) is 4.90 Å². The molecule has 1 heterocycles. The molecular formula is C24H12Br2Cl2N2O5. The van der Waals surface area contributed by atoms with E-state index in [1.807, 2.05) is 0 Å². The third kappa shape index (κ3) is 5.48. The number of imide groups is 2. The Morgan fingerprint density at radius 3 is 2.14 bits per heavy atom. The average Bonchev–Trinajstić information content (AvgIpc) is 2.80. The predicted molar refractivity (Wildman–Crippen MR) is 139 cm³/mol. The molecule has 0 spiro atoms. The van der Waals surface area contributed by atoms with E-state index >= 15 is 0 Å². The number of esters is 1. The number of nitrogens with one attached hydrogen (secondary N) is 1. The molecule has 3 aromatic carbocycles. The van der Waals surface area contributed by atoms with E-state index in [1.165, 1.54) is 42.5 Å². The molecule has 11 heteroatoms. The van der Waals surface area contributed by atoms with Crippen LogP contribution in [0, 0.1) is 0 Å². The molecule has 0 aromatic heterocycles. The van der Waals surface area contributed by atoms with Crippen molar-refractivity contribution in [2.24, 2.45) is 0 Å². The molecule has 0 unspecified atom stereocenters. The zero-order valence-corrected chi connectivity index (χ0v) is 22.0. The molecule has 1 aliphatic heterocycles. The molecule has 3 aromatic rings. The summed E-state index contributed by atoms with van der Waals surface area (Å²) >= 11 is 18.5. The predicted octanol–water partition coefficient (Wildman–Crippen LogP) is 6.40. The van der Waals surface area contributed by atoms with E-state index in [4.69, 9.17) is 27.9 Å². The van der Waals surface area contributed by atoms with Crippen LogP contribution in [0.15, 0.2) is 75.2 Å². The lowest BCUT2D eigenvalue weighted by Crippen LogP contribution is -2.54. The molecule has 176 valence electrons. The topological polar surface area (TPSA) is 92.8 Å². The smallest absolute Gasteiger partial charge is 0.343 e. The van der Waals surface area contributed by atoms with Gasteiger partial charge in [0.2, 0.25) is 0 Å². The van der Waals surface area contributed by atoms with Crippen LogP contribution in [0.4, 0.5) is 10.5 Å². The highest BCUT2D eigenvalue weighted by atomic mass is 79.9. The van der Waals surface area contributed by atoms with Crippen LogP contribution in [0.25, 0.3) is 6.08 Å². The van der Waals surface area contributed by atoms with Gasteiger partial charge in [-0.15, -0.1) is 0 Å². The maximum atomic E-state index is 13.2. The number of carbonyl (C=O) groups excluding carboxylic acids is 4. The number of amides is 4. The first-order valence-electron chi connectivity index (χ1n) is 9.78. The fourth-order valence-corrected chi connectivity index (χ4v) is 4.76. The number of anilines is 1. The summed E-state index contributed by atoms with van der Waals surface area (Å²) in [6.07, 6.45) is 1.24. The molecule has 35 heavy (non-hydrogen) atoms. The molecular weight excluding hydrogens is 627 g/mol. The summed E-state index contributed by atoms with van der Waals surface area (Å²) in [4.78, 5) is 51.7. The minimum absolute atomic E-state index is 0.0659. The summed E-state index contributed by atoms with van der Waals surface area (Å²) in [7, 11) is 0. The van der Waals surface area contributed by atoms with Crippen LogP contribution in [0.3, 0.4) is 0 Å². The number of hydrogen-bond donors (Lipinski definition) is 1. The van der Waals surface area contributed by atoms with Crippen molar-refractivity contribution in [3.8, 4) is 5.75 Å². The second kappa shape index (κ2) is 10.3. The molecule has 0 bridgehead atoms. The largest absolute Gasteiger partial charge is 0.421 e. The zero-order chi connectivity index (χ0) is 25.3. The summed E-state index contributed by atoms with van der Waals surface area (Å²) < 4.78 is 6.55. The summed E-state index contributed by atoms with van der Waals surface area (Å²) in [6.45, 7) is 0. The first kappa shape index (κ1) is 25.1. The normalized spacial score (nSPS) is 14.8. The number of benzene rings is 3. The van der Waals surface area contributed by atoms with E-state index < -0.39 is 23.8 Å². The number of hydrogen-bond acceptors (Lipinski definition) is 5. The highest BCUT2D eigenvalue weighted by Gasteiger charge is 2.37. The van der Waals surface area contributed by atoms with Crippen molar-refractivity contribution < 1.29 is 23.9 Å². The van der Waals surface area contributed by atoms with Gasteiger partial charge in [0.15, 0.2) is 5.75 Å². The second-order valence-corrected chi connectivity index (χ2v) is 9.78. The number of rotatable bonds is 4. The first-order chi connectivity index (χ1) is 16.6. The Hall–Kier alpha value is -2.98. The SMILES string of the molecule is O=C1NC(=O)N(c2ccc(Cl)cc2)C(=O)/C1=C\c1cc(Br)cc(Br)c1OC(=O)c1ccc(Cl)cc1. The van der Waals surface area contributed by atoms with E-state index in [0.29, 0.717) is 19.0 Å². The molecule has 0 saturated carbocycles. The fraction of sp³-hybridized carbons (Fsp3) is 0. The quantitative estimate of drug-likeness (QED) is 0.154. The first-order valence-corrected chi connectivity index (χ1v) is 12.1. The Labute approximate surface area is 225 Å². The van der Waals surface area contributed by atoms with Crippen molar-refractivity contribution in [2.45, 2.75) is 0 Å². The van der Waals surface area contributed by atoms with Crippen LogP contribution in [0.5, 0.6) is 5.75 Å². The number of nitrogens with zero attached hydrogens (tertiary/aromatic N) is 1. The highest BCUT2D eigenvalue weighted by Crippen LogP contribution is 2.36. The number of barbiturate groups is 1. The molecule has 1 fully saturated rings. The Morgan fingerprint density at radius 1 is 0.914 bits per heavy atom. The highest BCUT2D eigenvalue weighted by molar-refractivity contribution is 9.11. The molecule has 1 N–H and O–H groups in total. The van der Waals surface area contributed by atoms with E-state index in [2.05, 4.69) is 37.2 Å². The van der Waals surface area contributed by atoms with Crippen LogP contribution < -0.4 is 15.0 Å². The van der Waals surface area contributed by atoms with Crippen molar-refractivity contribution in [3.63, 3.8) is 0 Å². The summed E-state index contributed by atoms with van der Waals surface area (Å²) in [5, 5.41) is 3.02. The van der Waals surface area contributed by atoms with Gasteiger partial charge in [0.1, 0.15) is 5.57 Å². The fourth-order valence-electron chi connectivity index (χ4n) is 3.17. The van der Waals surface area contributed by atoms with Gasteiger partial charge >= 0.3 is 12.0 Å². The van der Waals surface area contributed by atoms with Crippen molar-refractivity contribution in [1.29, 1.82) is 0 Å². The van der Waals surface area contributed by atoms with Gasteiger partial charge in [-0.1, -0.05) is 39.1 Å². The Balaban J connectivity index is 1.74. The minimum Gasteiger partial charge on any atom is -0.421 e. The monoisotopic (exact) mass is 636 g/mol. The third-order valence-electron chi connectivity index (χ3n) is 4.80. The van der Waals surface area contributed by atoms with Crippen molar-refractivity contribution in [1.82, 2.24) is 5.32 Å². The molecule has 4 amide bonds. The lowest BCUT2D eigenvalue weighted by Gasteiger charge is -2.26. The number of urea groups is 1. The van der Waals surface area contributed by atoms with Crippen LogP contribution in [0.1, 0.15) is 15.9 Å². The molecule has 0 atom stereocenters. The molecule has 1 saturated heterocycles. The molecule has 0 aliphatic carbocycles. The Morgan fingerprint density at radius 2 is 1.51 bits per heavy atom. The summed E-state index contributed by atoms with van der Waals surface area (Å²) in [5.74, 6) is -2.36. The number of ether oxygens (including phenoxy) is 1. The van der Waals surface area contributed by atoms with Crippen LogP contribution in [0.2, 0.25) is 10.0 Å². The van der Waals surface area contributed by atoms with Crippen molar-refractivity contribution in [3.05, 3.63) is 96.4 Å². The van der Waals surface area contributed by atoms with Gasteiger partial charge in [0, 0.05) is 20.1 Å². The average molecular weight is 639 g/mol. The minimum atomic E-state index is -0.899. The van der Waals surface area contributed by atoms with Crippen LogP contribution in [-0.4, -0.2) is 23.8 Å². The summed E-state index contributed by atoms with van der Waals surface area (Å²) in [5.41, 5.74) is 0.361. The van der Waals surface area contributed by atoms with E-state index in [-0.39, 0.29) is 28.1 Å². The third-order valence-corrected chi connectivity index (χ3v) is 6.35. The molecule has 1 aliphatic rings. The van der Waals surface area contributed by atoms with Gasteiger partial charge in [-0.2, -0.15) is 0 Å². The molecule has 0 radical (unpaired) electrons. The Bertz CT molecular complexity index is 1410. The van der Waals surface area contributed by atoms with Gasteiger partial charge in [-0.05, 0) is 82.7 Å². The second-order valence-electron chi connectivity index (χ2n) is 7.14.